The Hall–Kier alpha value is -0.780. The minimum absolute atomic E-state index is 0.00424. The van der Waals surface area contributed by atoms with Gasteiger partial charge < -0.3 is 10.5 Å². The Labute approximate surface area is 99.5 Å². The zero-order valence-electron chi connectivity index (χ0n) is 10.6. The predicted molar refractivity (Wildman–Crippen MR) is 58.3 cm³/mol. The molecule has 0 aromatic rings. The van der Waals surface area contributed by atoms with Gasteiger partial charge in [0.25, 0.3) is 0 Å². The highest BCUT2D eigenvalue weighted by molar-refractivity contribution is 5.78. The standard InChI is InChI=1S/C11H20F3NO2/c1-5-10(6-2,8(15)11(12,13)14)9(16)17-7(3)4/h7-8H,5-6,15H2,1-4H3/t8-/m1/s1. The topological polar surface area (TPSA) is 52.3 Å². The zero-order valence-corrected chi connectivity index (χ0v) is 10.6. The second-order valence-corrected chi connectivity index (χ2v) is 4.34. The number of esters is 1. The first kappa shape index (κ1) is 16.2. The third-order valence-electron chi connectivity index (χ3n) is 2.96. The molecule has 0 aliphatic heterocycles. The normalized spacial score (nSPS) is 14.9. The Morgan fingerprint density at radius 3 is 1.88 bits per heavy atom. The fraction of sp³-hybridized carbons (Fsp3) is 0.909. The van der Waals surface area contributed by atoms with Crippen LogP contribution in [0.2, 0.25) is 0 Å². The van der Waals surface area contributed by atoms with Crippen LogP contribution in [0.3, 0.4) is 0 Å². The Morgan fingerprint density at radius 1 is 1.24 bits per heavy atom. The first-order valence-corrected chi connectivity index (χ1v) is 5.65. The summed E-state index contributed by atoms with van der Waals surface area (Å²) < 4.78 is 42.9. The van der Waals surface area contributed by atoms with E-state index in [0.717, 1.165) is 0 Å². The van der Waals surface area contributed by atoms with Gasteiger partial charge in [-0.25, -0.2) is 0 Å². The van der Waals surface area contributed by atoms with Crippen LogP contribution < -0.4 is 5.73 Å². The fourth-order valence-corrected chi connectivity index (χ4v) is 1.75. The molecule has 0 aromatic heterocycles. The molecule has 0 aliphatic carbocycles. The number of hydrogen-bond donors (Lipinski definition) is 1. The lowest BCUT2D eigenvalue weighted by Crippen LogP contribution is -2.55. The van der Waals surface area contributed by atoms with Crippen LogP contribution in [0.4, 0.5) is 13.2 Å². The molecule has 102 valence electrons. The second-order valence-electron chi connectivity index (χ2n) is 4.34. The Kier molecular flexibility index (Phi) is 5.45. The molecule has 0 radical (unpaired) electrons. The van der Waals surface area contributed by atoms with Crippen LogP contribution in [0.5, 0.6) is 0 Å². The summed E-state index contributed by atoms with van der Waals surface area (Å²) in [6.07, 6.45) is -5.08. The number of halogens is 3. The average Bonchev–Trinajstić information content (AvgIpc) is 2.17. The molecular formula is C11H20F3NO2. The van der Waals surface area contributed by atoms with Crippen molar-refractivity contribution in [3.05, 3.63) is 0 Å². The first-order valence-electron chi connectivity index (χ1n) is 5.65. The lowest BCUT2D eigenvalue weighted by atomic mass is 9.75. The molecule has 3 nitrogen and oxygen atoms in total. The van der Waals surface area contributed by atoms with Crippen molar-refractivity contribution in [2.24, 2.45) is 11.1 Å². The number of ether oxygens (including phenoxy) is 1. The van der Waals surface area contributed by atoms with Gasteiger partial charge in [-0.2, -0.15) is 13.2 Å². The van der Waals surface area contributed by atoms with E-state index in [9.17, 15) is 18.0 Å². The summed E-state index contributed by atoms with van der Waals surface area (Å²) in [4.78, 5) is 11.8. The largest absolute Gasteiger partial charge is 0.462 e. The van der Waals surface area contributed by atoms with Crippen molar-refractivity contribution < 1.29 is 22.7 Å². The van der Waals surface area contributed by atoms with E-state index < -0.39 is 29.7 Å². The van der Waals surface area contributed by atoms with E-state index in [1.165, 1.54) is 13.8 Å². The van der Waals surface area contributed by atoms with Crippen LogP contribution in [-0.4, -0.2) is 24.3 Å². The molecule has 6 heteroatoms. The molecule has 0 fully saturated rings. The summed E-state index contributed by atoms with van der Waals surface area (Å²) in [6, 6.07) is -2.20. The number of rotatable bonds is 5. The van der Waals surface area contributed by atoms with Gasteiger partial charge in [-0.05, 0) is 26.7 Å². The van der Waals surface area contributed by atoms with Gasteiger partial charge in [0.15, 0.2) is 0 Å². The quantitative estimate of drug-likeness (QED) is 0.768. The van der Waals surface area contributed by atoms with Gasteiger partial charge in [-0.3, -0.25) is 4.79 Å². The van der Waals surface area contributed by atoms with Crippen molar-refractivity contribution in [1.82, 2.24) is 0 Å². The molecule has 0 unspecified atom stereocenters. The summed E-state index contributed by atoms with van der Waals surface area (Å²) >= 11 is 0. The molecule has 17 heavy (non-hydrogen) atoms. The van der Waals surface area contributed by atoms with Crippen molar-refractivity contribution in [2.45, 2.75) is 58.9 Å². The summed E-state index contributed by atoms with van der Waals surface area (Å²) in [7, 11) is 0. The Bertz CT molecular complexity index is 260. The minimum Gasteiger partial charge on any atom is -0.462 e. The van der Waals surface area contributed by atoms with Gasteiger partial charge in [0.05, 0.1) is 11.5 Å². The molecule has 0 spiro atoms. The van der Waals surface area contributed by atoms with Crippen LogP contribution >= 0.6 is 0 Å². The summed E-state index contributed by atoms with van der Waals surface area (Å²) in [5.74, 6) is -0.873. The van der Waals surface area contributed by atoms with Crippen LogP contribution in [-0.2, 0) is 9.53 Å². The van der Waals surface area contributed by atoms with Crippen LogP contribution in [0, 0.1) is 5.41 Å². The van der Waals surface area contributed by atoms with Crippen molar-refractivity contribution >= 4 is 5.97 Å². The predicted octanol–water partition coefficient (Wildman–Crippen LogP) is 2.63. The highest BCUT2D eigenvalue weighted by Crippen LogP contribution is 2.39. The molecule has 2 N–H and O–H groups in total. The van der Waals surface area contributed by atoms with Crippen molar-refractivity contribution in [2.75, 3.05) is 0 Å². The Balaban J connectivity index is 5.22. The van der Waals surface area contributed by atoms with Gasteiger partial charge in [0, 0.05) is 0 Å². The number of nitrogens with two attached hydrogens (primary N) is 1. The van der Waals surface area contributed by atoms with E-state index in [2.05, 4.69) is 0 Å². The van der Waals surface area contributed by atoms with Gasteiger partial charge in [0.2, 0.25) is 0 Å². The first-order chi connectivity index (χ1) is 7.61. The monoisotopic (exact) mass is 255 g/mol. The maximum absolute atomic E-state index is 12.7. The number of carbonyl (C=O) groups excluding carboxylic acids is 1. The molecule has 0 saturated carbocycles. The molecule has 0 aromatic carbocycles. The summed E-state index contributed by atoms with van der Waals surface area (Å²) in [5, 5.41) is 0. The van der Waals surface area contributed by atoms with E-state index in [0.29, 0.717) is 0 Å². The second kappa shape index (κ2) is 5.71. The van der Waals surface area contributed by atoms with Crippen molar-refractivity contribution in [3.8, 4) is 0 Å². The van der Waals surface area contributed by atoms with Gasteiger partial charge in [0.1, 0.15) is 6.04 Å². The smallest absolute Gasteiger partial charge is 0.404 e. The fourth-order valence-electron chi connectivity index (χ4n) is 1.75. The molecule has 0 aliphatic rings. The molecule has 0 rings (SSSR count). The van der Waals surface area contributed by atoms with E-state index in [1.54, 1.807) is 13.8 Å². The minimum atomic E-state index is -4.61. The lowest BCUT2D eigenvalue weighted by Gasteiger charge is -2.36. The summed E-state index contributed by atoms with van der Waals surface area (Å²) in [5.41, 5.74) is 3.51. The number of alkyl halides is 3. The van der Waals surface area contributed by atoms with Gasteiger partial charge in [-0.1, -0.05) is 13.8 Å². The maximum atomic E-state index is 12.7. The van der Waals surface area contributed by atoms with Gasteiger partial charge >= 0.3 is 12.1 Å². The number of carbonyl (C=O) groups is 1. The number of hydrogen-bond acceptors (Lipinski definition) is 3. The van der Waals surface area contributed by atoms with E-state index >= 15 is 0 Å². The van der Waals surface area contributed by atoms with E-state index in [-0.39, 0.29) is 12.8 Å². The third kappa shape index (κ3) is 3.59. The van der Waals surface area contributed by atoms with Crippen LogP contribution in [0.25, 0.3) is 0 Å². The van der Waals surface area contributed by atoms with Crippen LogP contribution in [0.1, 0.15) is 40.5 Å². The maximum Gasteiger partial charge on any atom is 0.404 e. The molecular weight excluding hydrogens is 235 g/mol. The molecule has 1 atom stereocenters. The third-order valence-corrected chi connectivity index (χ3v) is 2.96. The highest BCUT2D eigenvalue weighted by Gasteiger charge is 2.54. The molecule has 0 heterocycles. The SMILES string of the molecule is CCC(CC)(C(=O)OC(C)C)[C@@H](N)C(F)(F)F. The van der Waals surface area contributed by atoms with Crippen molar-refractivity contribution in [3.63, 3.8) is 0 Å². The summed E-state index contributed by atoms with van der Waals surface area (Å²) in [6.45, 7) is 6.20. The van der Waals surface area contributed by atoms with Gasteiger partial charge in [-0.15, -0.1) is 0 Å². The zero-order chi connectivity index (χ0) is 13.9. The molecule has 0 amide bonds. The molecule has 0 saturated heterocycles. The van der Waals surface area contributed by atoms with Crippen molar-refractivity contribution in [1.29, 1.82) is 0 Å². The lowest BCUT2D eigenvalue weighted by molar-refractivity contribution is -0.196. The van der Waals surface area contributed by atoms with E-state index in [4.69, 9.17) is 10.5 Å². The average molecular weight is 255 g/mol. The van der Waals surface area contributed by atoms with E-state index in [1.807, 2.05) is 0 Å². The Morgan fingerprint density at radius 2 is 1.65 bits per heavy atom. The molecule has 0 bridgehead atoms. The van der Waals surface area contributed by atoms with Crippen LogP contribution in [0.15, 0.2) is 0 Å². The highest BCUT2D eigenvalue weighted by atomic mass is 19.4.